The van der Waals surface area contributed by atoms with Crippen molar-refractivity contribution in [1.29, 1.82) is 0 Å². The summed E-state index contributed by atoms with van der Waals surface area (Å²) in [7, 11) is 0. The summed E-state index contributed by atoms with van der Waals surface area (Å²) >= 11 is 3.05. The maximum absolute atomic E-state index is 12.6. The van der Waals surface area contributed by atoms with Gasteiger partial charge in [0, 0.05) is 30.3 Å². The molecule has 1 aromatic carbocycles. The number of benzene rings is 1. The predicted molar refractivity (Wildman–Crippen MR) is 97.9 cm³/mol. The van der Waals surface area contributed by atoms with E-state index in [1.54, 1.807) is 17.3 Å². The lowest BCUT2D eigenvalue weighted by Gasteiger charge is -2.34. The Bertz CT molecular complexity index is 646. The lowest BCUT2D eigenvalue weighted by Crippen LogP contribution is -2.46. The zero-order valence-corrected chi connectivity index (χ0v) is 15.4. The molecule has 0 atom stereocenters. The highest BCUT2D eigenvalue weighted by Crippen LogP contribution is 2.32. The Morgan fingerprint density at radius 2 is 2.04 bits per heavy atom. The maximum Gasteiger partial charge on any atom is 0.232 e. The van der Waals surface area contributed by atoms with E-state index in [0.29, 0.717) is 32.6 Å². The van der Waals surface area contributed by atoms with Crippen LogP contribution in [0.5, 0.6) is 0 Å². The van der Waals surface area contributed by atoms with Crippen molar-refractivity contribution in [3.05, 3.63) is 29.8 Å². The van der Waals surface area contributed by atoms with Crippen LogP contribution in [0.2, 0.25) is 0 Å². The van der Waals surface area contributed by atoms with Crippen molar-refractivity contribution in [2.24, 2.45) is 11.1 Å². The van der Waals surface area contributed by atoms with E-state index in [1.807, 2.05) is 24.3 Å². The normalized spacial score (nSPS) is 16.2. The fourth-order valence-electron chi connectivity index (χ4n) is 2.46. The van der Waals surface area contributed by atoms with Gasteiger partial charge in [0.1, 0.15) is 5.51 Å². The fraction of sp³-hybridized carbons (Fsp3) is 0.400. The number of ether oxygens (including phenoxy) is 1. The number of nitrogens with zero attached hydrogens (tertiary/aromatic N) is 2. The first-order valence-corrected chi connectivity index (χ1v) is 9.05. The van der Waals surface area contributed by atoms with Crippen molar-refractivity contribution in [2.45, 2.75) is 22.1 Å². The molecule has 0 spiro atoms. The molecule has 130 valence electrons. The minimum absolute atomic E-state index is 0. The second kappa shape index (κ2) is 8.77. The van der Waals surface area contributed by atoms with Gasteiger partial charge in [-0.1, -0.05) is 23.1 Å². The highest BCUT2D eigenvalue weighted by molar-refractivity contribution is 8.01. The standard InChI is InChI=1S/C15H18N4O2S2.ClH/c16-9-15(5-7-21-8-6-15)13(20)18-11-1-3-12(4-2-11)23-14-19-17-10-22-14;/h1-4,10H,5-9,16H2,(H,18,20);1H. The average Bonchev–Trinajstić information content (AvgIpc) is 3.10. The van der Waals surface area contributed by atoms with E-state index in [0.717, 1.165) is 14.9 Å². The molecular weight excluding hydrogens is 368 g/mol. The molecule has 1 aliphatic heterocycles. The van der Waals surface area contributed by atoms with Crippen LogP contribution in [0.1, 0.15) is 12.8 Å². The molecule has 0 unspecified atom stereocenters. The Morgan fingerprint density at radius 1 is 1.33 bits per heavy atom. The third kappa shape index (κ3) is 4.46. The molecule has 24 heavy (non-hydrogen) atoms. The highest BCUT2D eigenvalue weighted by Gasteiger charge is 2.38. The van der Waals surface area contributed by atoms with Gasteiger partial charge in [-0.05, 0) is 37.1 Å². The average molecular weight is 387 g/mol. The number of hydrogen-bond acceptors (Lipinski definition) is 7. The number of hydrogen-bond donors (Lipinski definition) is 2. The van der Waals surface area contributed by atoms with Crippen LogP contribution in [0.3, 0.4) is 0 Å². The van der Waals surface area contributed by atoms with E-state index in [9.17, 15) is 4.79 Å². The molecule has 0 saturated carbocycles. The first-order chi connectivity index (χ1) is 11.2. The van der Waals surface area contributed by atoms with Crippen LogP contribution >= 0.6 is 35.5 Å². The molecule has 2 aromatic rings. The molecule has 1 amide bonds. The Labute approximate surface area is 155 Å². The molecule has 3 rings (SSSR count). The van der Waals surface area contributed by atoms with E-state index < -0.39 is 5.41 Å². The molecule has 1 saturated heterocycles. The Hall–Kier alpha value is -1.19. The summed E-state index contributed by atoms with van der Waals surface area (Å²) < 4.78 is 6.24. The summed E-state index contributed by atoms with van der Waals surface area (Å²) in [6.07, 6.45) is 1.33. The third-order valence-electron chi connectivity index (χ3n) is 3.98. The quantitative estimate of drug-likeness (QED) is 0.821. The molecule has 3 N–H and O–H groups in total. The van der Waals surface area contributed by atoms with Crippen molar-refractivity contribution >= 4 is 47.1 Å². The van der Waals surface area contributed by atoms with Gasteiger partial charge in [-0.3, -0.25) is 4.79 Å². The van der Waals surface area contributed by atoms with E-state index in [2.05, 4.69) is 15.5 Å². The summed E-state index contributed by atoms with van der Waals surface area (Å²) in [4.78, 5) is 13.6. The van der Waals surface area contributed by atoms with Crippen molar-refractivity contribution in [3.8, 4) is 0 Å². The van der Waals surface area contributed by atoms with Crippen LogP contribution in [0.25, 0.3) is 0 Å². The number of aromatic nitrogens is 2. The lowest BCUT2D eigenvalue weighted by atomic mass is 9.79. The molecule has 1 aromatic heterocycles. The van der Waals surface area contributed by atoms with Crippen LogP contribution in [0.4, 0.5) is 5.69 Å². The smallest absolute Gasteiger partial charge is 0.232 e. The van der Waals surface area contributed by atoms with Crippen molar-refractivity contribution in [3.63, 3.8) is 0 Å². The summed E-state index contributed by atoms with van der Waals surface area (Å²) in [5.74, 6) is -0.0205. The second-order valence-corrected chi connectivity index (χ2v) is 7.54. The number of amides is 1. The number of nitrogens with two attached hydrogens (primary N) is 1. The first-order valence-electron chi connectivity index (χ1n) is 7.35. The summed E-state index contributed by atoms with van der Waals surface area (Å²) in [5, 5.41) is 10.8. The predicted octanol–water partition coefficient (Wildman–Crippen LogP) is 2.81. The lowest BCUT2D eigenvalue weighted by molar-refractivity contribution is -0.130. The van der Waals surface area contributed by atoms with Gasteiger partial charge in [0.15, 0.2) is 4.34 Å². The number of carbonyl (C=O) groups is 1. The van der Waals surface area contributed by atoms with Gasteiger partial charge in [-0.15, -0.1) is 22.6 Å². The Balaban J connectivity index is 0.00000208. The zero-order chi connectivity index (χ0) is 16.1. The fourth-order valence-corrected chi connectivity index (χ4v) is 3.91. The molecule has 1 fully saturated rings. The number of nitrogens with one attached hydrogen (secondary N) is 1. The van der Waals surface area contributed by atoms with Gasteiger partial charge < -0.3 is 15.8 Å². The largest absolute Gasteiger partial charge is 0.381 e. The van der Waals surface area contributed by atoms with E-state index in [1.165, 1.54) is 11.3 Å². The third-order valence-corrected chi connectivity index (χ3v) is 5.77. The molecule has 6 nitrogen and oxygen atoms in total. The monoisotopic (exact) mass is 386 g/mol. The van der Waals surface area contributed by atoms with Gasteiger partial charge in [0.2, 0.25) is 5.91 Å². The van der Waals surface area contributed by atoms with Crippen molar-refractivity contribution in [1.82, 2.24) is 10.2 Å². The van der Waals surface area contributed by atoms with Gasteiger partial charge >= 0.3 is 0 Å². The maximum atomic E-state index is 12.6. The van der Waals surface area contributed by atoms with Crippen LogP contribution in [-0.2, 0) is 9.53 Å². The Morgan fingerprint density at radius 3 is 2.62 bits per heavy atom. The number of carbonyl (C=O) groups excluding carboxylic acids is 1. The number of rotatable bonds is 5. The summed E-state index contributed by atoms with van der Waals surface area (Å²) in [6.45, 7) is 1.51. The van der Waals surface area contributed by atoms with E-state index in [4.69, 9.17) is 10.5 Å². The van der Waals surface area contributed by atoms with Crippen LogP contribution < -0.4 is 11.1 Å². The topological polar surface area (TPSA) is 90.1 Å². The molecule has 0 bridgehead atoms. The van der Waals surface area contributed by atoms with E-state index >= 15 is 0 Å². The van der Waals surface area contributed by atoms with E-state index in [-0.39, 0.29) is 18.3 Å². The molecule has 9 heteroatoms. The van der Waals surface area contributed by atoms with Gasteiger partial charge in [0.05, 0.1) is 5.41 Å². The zero-order valence-electron chi connectivity index (χ0n) is 12.9. The Kier molecular flexibility index (Phi) is 7.00. The summed E-state index contributed by atoms with van der Waals surface area (Å²) in [5.41, 5.74) is 7.83. The van der Waals surface area contributed by atoms with Crippen molar-refractivity contribution < 1.29 is 9.53 Å². The summed E-state index contributed by atoms with van der Waals surface area (Å²) in [6, 6.07) is 7.71. The van der Waals surface area contributed by atoms with Gasteiger partial charge in [-0.25, -0.2) is 0 Å². The second-order valence-electron chi connectivity index (χ2n) is 5.38. The SMILES string of the molecule is Cl.NCC1(C(=O)Nc2ccc(Sc3nncs3)cc2)CCOCC1. The van der Waals surface area contributed by atoms with Gasteiger partial charge in [0.25, 0.3) is 0 Å². The minimum Gasteiger partial charge on any atom is -0.381 e. The minimum atomic E-state index is -0.516. The van der Waals surface area contributed by atoms with Crippen molar-refractivity contribution in [2.75, 3.05) is 25.1 Å². The number of anilines is 1. The molecule has 0 aliphatic carbocycles. The first kappa shape index (κ1) is 19.1. The van der Waals surface area contributed by atoms with Crippen LogP contribution in [-0.4, -0.2) is 35.9 Å². The van der Waals surface area contributed by atoms with Crippen LogP contribution in [0, 0.1) is 5.41 Å². The van der Waals surface area contributed by atoms with Crippen LogP contribution in [0.15, 0.2) is 39.0 Å². The molecule has 1 aliphatic rings. The molecule has 2 heterocycles. The molecule has 0 radical (unpaired) electrons. The highest BCUT2D eigenvalue weighted by atomic mass is 35.5. The van der Waals surface area contributed by atoms with Gasteiger partial charge in [-0.2, -0.15) is 0 Å². The number of halogens is 1. The molecular formula is C15H19ClN4O2S2.